The van der Waals surface area contributed by atoms with E-state index in [9.17, 15) is 4.79 Å². The summed E-state index contributed by atoms with van der Waals surface area (Å²) in [5.41, 5.74) is 0.961. The van der Waals surface area contributed by atoms with E-state index in [1.54, 1.807) is 10.7 Å². The highest BCUT2D eigenvalue weighted by Gasteiger charge is 2.05. The van der Waals surface area contributed by atoms with Gasteiger partial charge in [0.15, 0.2) is 5.82 Å². The summed E-state index contributed by atoms with van der Waals surface area (Å²) < 4.78 is 1.73. The molecular weight excluding hydrogens is 264 g/mol. The van der Waals surface area contributed by atoms with Crippen molar-refractivity contribution < 1.29 is 4.79 Å². The van der Waals surface area contributed by atoms with Gasteiger partial charge in [-0.1, -0.05) is 32.0 Å². The first-order valence-electron chi connectivity index (χ1n) is 7.31. The molecule has 2 amide bonds. The zero-order chi connectivity index (χ0) is 15.1. The fraction of sp³-hybridized carbons (Fsp3) is 0.375. The summed E-state index contributed by atoms with van der Waals surface area (Å²) in [6.07, 6.45) is 3.93. The summed E-state index contributed by atoms with van der Waals surface area (Å²) in [7, 11) is 0. The highest BCUT2D eigenvalue weighted by molar-refractivity contribution is 5.88. The standard InChI is InChI=1S/C16H22N4O/c1-13(2)7-6-11-17-16(21)18-15-10-12-20(19-15)14-8-4-3-5-9-14/h3-5,8-10,12-13H,6-7,11H2,1-2H3,(H2,17,18,19,21). The molecule has 1 aromatic heterocycles. The molecule has 0 saturated carbocycles. The van der Waals surface area contributed by atoms with Gasteiger partial charge in [-0.25, -0.2) is 9.48 Å². The Labute approximate surface area is 125 Å². The van der Waals surface area contributed by atoms with E-state index in [-0.39, 0.29) is 6.03 Å². The number of anilines is 1. The average Bonchev–Trinajstić information content (AvgIpc) is 2.93. The van der Waals surface area contributed by atoms with Crippen LogP contribution in [-0.2, 0) is 0 Å². The molecule has 2 N–H and O–H groups in total. The highest BCUT2D eigenvalue weighted by atomic mass is 16.2. The minimum Gasteiger partial charge on any atom is -0.338 e. The molecule has 2 aromatic rings. The van der Waals surface area contributed by atoms with Crippen molar-refractivity contribution in [1.29, 1.82) is 0 Å². The van der Waals surface area contributed by atoms with E-state index in [4.69, 9.17) is 0 Å². The second-order valence-corrected chi connectivity index (χ2v) is 5.40. The number of hydrogen-bond acceptors (Lipinski definition) is 2. The molecule has 0 aliphatic rings. The van der Waals surface area contributed by atoms with Crippen molar-refractivity contribution in [3.8, 4) is 5.69 Å². The van der Waals surface area contributed by atoms with Crippen LogP contribution in [0.2, 0.25) is 0 Å². The van der Waals surface area contributed by atoms with Gasteiger partial charge in [-0.15, -0.1) is 5.10 Å². The first-order chi connectivity index (χ1) is 10.1. The number of aromatic nitrogens is 2. The summed E-state index contributed by atoms with van der Waals surface area (Å²) in [4.78, 5) is 11.7. The third-order valence-electron chi connectivity index (χ3n) is 3.10. The predicted octanol–water partition coefficient (Wildman–Crippen LogP) is 3.43. The van der Waals surface area contributed by atoms with Gasteiger partial charge in [-0.3, -0.25) is 5.32 Å². The molecule has 1 heterocycles. The van der Waals surface area contributed by atoms with Crippen LogP contribution in [0.3, 0.4) is 0 Å². The van der Waals surface area contributed by atoms with Crippen molar-refractivity contribution in [2.24, 2.45) is 5.92 Å². The van der Waals surface area contributed by atoms with E-state index in [0.717, 1.165) is 18.5 Å². The lowest BCUT2D eigenvalue weighted by molar-refractivity contribution is 0.251. The third kappa shape index (κ3) is 4.95. The van der Waals surface area contributed by atoms with Crippen molar-refractivity contribution in [2.75, 3.05) is 11.9 Å². The largest absolute Gasteiger partial charge is 0.338 e. The third-order valence-corrected chi connectivity index (χ3v) is 3.10. The van der Waals surface area contributed by atoms with Gasteiger partial charge < -0.3 is 5.32 Å². The second kappa shape index (κ2) is 7.47. The Morgan fingerprint density at radius 2 is 2.00 bits per heavy atom. The first-order valence-corrected chi connectivity index (χ1v) is 7.31. The lowest BCUT2D eigenvalue weighted by atomic mass is 10.1. The van der Waals surface area contributed by atoms with Crippen molar-refractivity contribution >= 4 is 11.8 Å². The quantitative estimate of drug-likeness (QED) is 0.799. The fourth-order valence-corrected chi connectivity index (χ4v) is 1.99. The Kier molecular flexibility index (Phi) is 5.37. The molecule has 0 fully saturated rings. The predicted molar refractivity (Wildman–Crippen MR) is 84.7 cm³/mol. The minimum absolute atomic E-state index is 0.211. The summed E-state index contributed by atoms with van der Waals surface area (Å²) >= 11 is 0. The summed E-state index contributed by atoms with van der Waals surface area (Å²) in [6, 6.07) is 11.3. The van der Waals surface area contributed by atoms with Gasteiger partial charge in [0.2, 0.25) is 0 Å². The van der Waals surface area contributed by atoms with E-state index in [1.807, 2.05) is 36.5 Å². The van der Waals surface area contributed by atoms with Crippen molar-refractivity contribution in [1.82, 2.24) is 15.1 Å². The number of carbonyl (C=O) groups excluding carboxylic acids is 1. The molecule has 0 saturated heterocycles. The van der Waals surface area contributed by atoms with Crippen LogP contribution in [0, 0.1) is 5.92 Å². The lowest BCUT2D eigenvalue weighted by Crippen LogP contribution is -2.29. The Balaban J connectivity index is 1.81. The van der Waals surface area contributed by atoms with Gasteiger partial charge in [-0.2, -0.15) is 0 Å². The van der Waals surface area contributed by atoms with Crippen LogP contribution in [0.25, 0.3) is 5.69 Å². The van der Waals surface area contributed by atoms with Crippen LogP contribution in [-0.4, -0.2) is 22.4 Å². The molecule has 0 atom stereocenters. The monoisotopic (exact) mass is 286 g/mol. The van der Waals surface area contributed by atoms with Crippen LogP contribution in [0.4, 0.5) is 10.6 Å². The molecule has 5 heteroatoms. The van der Waals surface area contributed by atoms with Crippen molar-refractivity contribution in [2.45, 2.75) is 26.7 Å². The molecule has 0 unspecified atom stereocenters. The maximum Gasteiger partial charge on any atom is 0.320 e. The van der Waals surface area contributed by atoms with E-state index in [0.29, 0.717) is 18.3 Å². The zero-order valence-corrected chi connectivity index (χ0v) is 12.5. The number of hydrogen-bond donors (Lipinski definition) is 2. The van der Waals surface area contributed by atoms with Crippen LogP contribution >= 0.6 is 0 Å². The van der Waals surface area contributed by atoms with Crippen molar-refractivity contribution in [3.63, 3.8) is 0 Å². The lowest BCUT2D eigenvalue weighted by Gasteiger charge is -2.07. The molecule has 5 nitrogen and oxygen atoms in total. The number of urea groups is 1. The van der Waals surface area contributed by atoms with Crippen LogP contribution in [0.15, 0.2) is 42.6 Å². The van der Waals surface area contributed by atoms with Crippen LogP contribution < -0.4 is 10.6 Å². The summed E-state index contributed by atoms with van der Waals surface area (Å²) in [6.45, 7) is 5.04. The second-order valence-electron chi connectivity index (χ2n) is 5.40. The summed E-state index contributed by atoms with van der Waals surface area (Å²) in [5.74, 6) is 1.21. The number of benzene rings is 1. The number of amides is 2. The molecule has 112 valence electrons. The molecule has 2 rings (SSSR count). The number of carbonyl (C=O) groups is 1. The van der Waals surface area contributed by atoms with E-state index >= 15 is 0 Å². The maximum atomic E-state index is 11.7. The van der Waals surface area contributed by atoms with E-state index < -0.39 is 0 Å². The number of rotatable bonds is 6. The van der Waals surface area contributed by atoms with Gasteiger partial charge in [0, 0.05) is 18.8 Å². The maximum absolute atomic E-state index is 11.7. The van der Waals surface area contributed by atoms with Gasteiger partial charge in [0.1, 0.15) is 0 Å². The first kappa shape index (κ1) is 15.1. The minimum atomic E-state index is -0.211. The summed E-state index contributed by atoms with van der Waals surface area (Å²) in [5, 5.41) is 9.90. The smallest absolute Gasteiger partial charge is 0.320 e. The molecule has 0 spiro atoms. The zero-order valence-electron chi connectivity index (χ0n) is 12.5. The Morgan fingerprint density at radius 3 is 2.71 bits per heavy atom. The topological polar surface area (TPSA) is 59.0 Å². The Morgan fingerprint density at radius 1 is 1.24 bits per heavy atom. The van der Waals surface area contributed by atoms with Crippen LogP contribution in [0.1, 0.15) is 26.7 Å². The highest BCUT2D eigenvalue weighted by Crippen LogP contribution is 2.09. The molecule has 0 aliphatic heterocycles. The Hall–Kier alpha value is -2.30. The van der Waals surface area contributed by atoms with Gasteiger partial charge in [-0.05, 0) is 30.9 Å². The molecule has 1 aromatic carbocycles. The molecular formula is C16H22N4O. The van der Waals surface area contributed by atoms with Crippen molar-refractivity contribution in [3.05, 3.63) is 42.6 Å². The van der Waals surface area contributed by atoms with Gasteiger partial charge >= 0.3 is 6.03 Å². The Bertz CT molecular complexity index is 563. The number of nitrogens with one attached hydrogen (secondary N) is 2. The SMILES string of the molecule is CC(C)CCCNC(=O)Nc1ccn(-c2ccccc2)n1. The van der Waals surface area contributed by atoms with E-state index in [1.165, 1.54) is 0 Å². The van der Waals surface area contributed by atoms with E-state index in [2.05, 4.69) is 29.6 Å². The average molecular weight is 286 g/mol. The number of para-hydroxylation sites is 1. The number of nitrogens with zero attached hydrogens (tertiary/aromatic N) is 2. The molecule has 0 aliphatic carbocycles. The molecule has 0 bridgehead atoms. The normalized spacial score (nSPS) is 10.6. The van der Waals surface area contributed by atoms with Gasteiger partial charge in [0.05, 0.1) is 5.69 Å². The molecule has 0 radical (unpaired) electrons. The fourth-order valence-electron chi connectivity index (χ4n) is 1.99. The van der Waals surface area contributed by atoms with Crippen LogP contribution in [0.5, 0.6) is 0 Å². The van der Waals surface area contributed by atoms with Gasteiger partial charge in [0.25, 0.3) is 0 Å². The molecule has 21 heavy (non-hydrogen) atoms.